The topological polar surface area (TPSA) is 75.7 Å². The summed E-state index contributed by atoms with van der Waals surface area (Å²) < 4.78 is 4.65. The van der Waals surface area contributed by atoms with Gasteiger partial charge in [-0.3, -0.25) is 9.59 Å². The van der Waals surface area contributed by atoms with E-state index in [0.29, 0.717) is 17.8 Å². The lowest BCUT2D eigenvalue weighted by atomic mass is 10.2. The fourth-order valence-corrected chi connectivity index (χ4v) is 2.46. The summed E-state index contributed by atoms with van der Waals surface area (Å²) in [4.78, 5) is 36.9. The number of carbonyl (C=O) groups is 3. The number of benzene rings is 2. The second-order valence-electron chi connectivity index (χ2n) is 5.72. The minimum absolute atomic E-state index is 0.133. The third-order valence-electron chi connectivity index (χ3n) is 3.88. The number of hydrogen-bond acceptors (Lipinski definition) is 4. The fourth-order valence-electron chi connectivity index (χ4n) is 2.46. The first-order valence-corrected chi connectivity index (χ1v) is 8.28. The summed E-state index contributed by atoms with van der Waals surface area (Å²) in [5, 5.41) is 2.84. The minimum Gasteiger partial charge on any atom is -0.465 e. The lowest BCUT2D eigenvalue weighted by Gasteiger charge is -2.21. The summed E-state index contributed by atoms with van der Waals surface area (Å²) in [6.45, 7) is 2.15. The van der Waals surface area contributed by atoms with E-state index in [1.165, 1.54) is 18.9 Å². The van der Waals surface area contributed by atoms with Crippen LogP contribution >= 0.6 is 0 Å². The van der Waals surface area contributed by atoms with Gasteiger partial charge in [0.25, 0.3) is 0 Å². The predicted molar refractivity (Wildman–Crippen MR) is 98.7 cm³/mol. The van der Waals surface area contributed by atoms with Crippen molar-refractivity contribution in [3.63, 3.8) is 0 Å². The zero-order valence-corrected chi connectivity index (χ0v) is 14.9. The maximum atomic E-state index is 12.0. The van der Waals surface area contributed by atoms with Crippen molar-refractivity contribution in [1.29, 1.82) is 0 Å². The number of nitrogens with zero attached hydrogens (tertiary/aromatic N) is 1. The number of carbonyl (C=O) groups excluding carboxylic acids is 3. The van der Waals surface area contributed by atoms with Crippen LogP contribution in [0.25, 0.3) is 0 Å². The number of anilines is 1. The SMILES string of the molecule is COC(=O)c1ccc(N(CCC(=O)NCc2ccccc2)C(C)=O)cc1. The van der Waals surface area contributed by atoms with E-state index in [0.717, 1.165) is 5.56 Å². The van der Waals surface area contributed by atoms with Gasteiger partial charge in [-0.2, -0.15) is 0 Å². The van der Waals surface area contributed by atoms with Gasteiger partial charge in [0, 0.05) is 32.1 Å². The third-order valence-corrected chi connectivity index (χ3v) is 3.88. The maximum Gasteiger partial charge on any atom is 0.337 e. The zero-order chi connectivity index (χ0) is 18.9. The Morgan fingerprint density at radius 1 is 1.00 bits per heavy atom. The van der Waals surface area contributed by atoms with E-state index in [1.54, 1.807) is 24.3 Å². The van der Waals surface area contributed by atoms with Gasteiger partial charge in [0.1, 0.15) is 0 Å². The Morgan fingerprint density at radius 3 is 2.23 bits per heavy atom. The molecule has 6 heteroatoms. The van der Waals surface area contributed by atoms with Gasteiger partial charge in [-0.05, 0) is 29.8 Å². The van der Waals surface area contributed by atoms with Crippen molar-refractivity contribution >= 4 is 23.5 Å². The third kappa shape index (κ3) is 5.44. The van der Waals surface area contributed by atoms with Crippen molar-refractivity contribution in [3.8, 4) is 0 Å². The van der Waals surface area contributed by atoms with Crippen molar-refractivity contribution in [2.45, 2.75) is 19.9 Å². The predicted octanol–water partition coefficient (Wildman–Crippen LogP) is 2.53. The van der Waals surface area contributed by atoms with E-state index in [2.05, 4.69) is 10.1 Å². The van der Waals surface area contributed by atoms with E-state index in [1.807, 2.05) is 30.3 Å². The molecule has 2 aromatic rings. The van der Waals surface area contributed by atoms with Crippen molar-refractivity contribution in [1.82, 2.24) is 5.32 Å². The van der Waals surface area contributed by atoms with Crippen LogP contribution in [0.5, 0.6) is 0 Å². The van der Waals surface area contributed by atoms with Crippen LogP contribution in [0, 0.1) is 0 Å². The molecule has 0 saturated heterocycles. The average molecular weight is 354 g/mol. The molecule has 26 heavy (non-hydrogen) atoms. The molecular formula is C20H22N2O4. The summed E-state index contributed by atoms with van der Waals surface area (Å²) in [6.07, 6.45) is 0.186. The number of amides is 2. The van der Waals surface area contributed by atoms with Crippen LogP contribution in [0.4, 0.5) is 5.69 Å². The fraction of sp³-hybridized carbons (Fsp3) is 0.250. The van der Waals surface area contributed by atoms with E-state index < -0.39 is 5.97 Å². The van der Waals surface area contributed by atoms with Gasteiger partial charge in [0.05, 0.1) is 12.7 Å². The molecular weight excluding hydrogens is 332 g/mol. The Hall–Kier alpha value is -3.15. The van der Waals surface area contributed by atoms with Gasteiger partial charge in [-0.1, -0.05) is 30.3 Å². The molecule has 1 N–H and O–H groups in total. The van der Waals surface area contributed by atoms with Crippen LogP contribution in [0.2, 0.25) is 0 Å². The molecule has 0 aliphatic heterocycles. The van der Waals surface area contributed by atoms with Crippen LogP contribution in [0.15, 0.2) is 54.6 Å². The molecule has 0 aromatic heterocycles. The van der Waals surface area contributed by atoms with Crippen LogP contribution in [-0.2, 0) is 20.9 Å². The summed E-state index contributed by atoms with van der Waals surface area (Å²) >= 11 is 0. The molecule has 0 radical (unpaired) electrons. The van der Waals surface area contributed by atoms with E-state index in [-0.39, 0.29) is 24.8 Å². The number of ether oxygens (including phenoxy) is 1. The van der Waals surface area contributed by atoms with Crippen molar-refractivity contribution in [2.75, 3.05) is 18.6 Å². The lowest BCUT2D eigenvalue weighted by molar-refractivity contribution is -0.121. The monoisotopic (exact) mass is 354 g/mol. The van der Waals surface area contributed by atoms with Gasteiger partial charge in [-0.15, -0.1) is 0 Å². The highest BCUT2D eigenvalue weighted by Crippen LogP contribution is 2.16. The van der Waals surface area contributed by atoms with Crippen LogP contribution in [-0.4, -0.2) is 31.4 Å². The summed E-state index contributed by atoms with van der Waals surface area (Å²) in [5.41, 5.74) is 2.05. The smallest absolute Gasteiger partial charge is 0.337 e. The van der Waals surface area contributed by atoms with E-state index in [4.69, 9.17) is 0 Å². The molecule has 136 valence electrons. The molecule has 0 saturated carbocycles. The quantitative estimate of drug-likeness (QED) is 0.775. The molecule has 0 heterocycles. The van der Waals surface area contributed by atoms with Gasteiger partial charge < -0.3 is 15.0 Å². The van der Waals surface area contributed by atoms with Gasteiger partial charge in [0.15, 0.2) is 0 Å². The highest BCUT2D eigenvalue weighted by atomic mass is 16.5. The number of rotatable bonds is 7. The second kappa shape index (κ2) is 9.36. The Kier molecular flexibility index (Phi) is 6.91. The molecule has 6 nitrogen and oxygen atoms in total. The Morgan fingerprint density at radius 2 is 1.65 bits per heavy atom. The molecule has 0 bridgehead atoms. The van der Waals surface area contributed by atoms with Gasteiger partial charge >= 0.3 is 5.97 Å². The van der Waals surface area contributed by atoms with Crippen molar-refractivity contribution in [3.05, 3.63) is 65.7 Å². The Labute approximate surface area is 152 Å². The molecule has 2 aromatic carbocycles. The summed E-state index contributed by atoms with van der Waals surface area (Å²) in [6, 6.07) is 16.1. The first-order valence-electron chi connectivity index (χ1n) is 8.28. The number of methoxy groups -OCH3 is 1. The molecule has 0 fully saturated rings. The first-order chi connectivity index (χ1) is 12.5. The molecule has 0 aliphatic carbocycles. The normalized spacial score (nSPS) is 10.1. The summed E-state index contributed by atoms with van der Waals surface area (Å²) in [7, 11) is 1.31. The maximum absolute atomic E-state index is 12.0. The van der Waals surface area contributed by atoms with Crippen molar-refractivity contribution in [2.24, 2.45) is 0 Å². The molecule has 0 spiro atoms. The van der Waals surface area contributed by atoms with Gasteiger partial charge in [0.2, 0.25) is 11.8 Å². The minimum atomic E-state index is -0.439. The highest BCUT2D eigenvalue weighted by Gasteiger charge is 2.14. The molecule has 2 amide bonds. The van der Waals surface area contributed by atoms with E-state index >= 15 is 0 Å². The van der Waals surface area contributed by atoms with Gasteiger partial charge in [-0.25, -0.2) is 4.79 Å². The largest absolute Gasteiger partial charge is 0.465 e. The number of esters is 1. The van der Waals surface area contributed by atoms with Crippen LogP contribution in [0.1, 0.15) is 29.3 Å². The van der Waals surface area contributed by atoms with E-state index in [9.17, 15) is 14.4 Å². The second-order valence-corrected chi connectivity index (χ2v) is 5.72. The Bertz CT molecular complexity index is 757. The van der Waals surface area contributed by atoms with Crippen LogP contribution < -0.4 is 10.2 Å². The average Bonchev–Trinajstić information content (AvgIpc) is 2.67. The Balaban J connectivity index is 1.92. The molecule has 2 rings (SSSR count). The molecule has 0 atom stereocenters. The molecule has 0 aliphatic rings. The first kappa shape index (κ1) is 19.2. The number of hydrogen-bond donors (Lipinski definition) is 1. The van der Waals surface area contributed by atoms with Crippen LogP contribution in [0.3, 0.4) is 0 Å². The van der Waals surface area contributed by atoms with Crippen molar-refractivity contribution < 1.29 is 19.1 Å². The summed E-state index contributed by atoms with van der Waals surface area (Å²) in [5.74, 6) is -0.746. The number of nitrogens with one attached hydrogen (secondary N) is 1. The lowest BCUT2D eigenvalue weighted by Crippen LogP contribution is -2.33. The molecule has 0 unspecified atom stereocenters. The standard InChI is InChI=1S/C20H22N2O4/c1-15(23)22(18-10-8-17(9-11-18)20(25)26-2)13-12-19(24)21-14-16-6-4-3-5-7-16/h3-11H,12-14H2,1-2H3,(H,21,24). The highest BCUT2D eigenvalue weighted by molar-refractivity contribution is 5.94. The zero-order valence-electron chi connectivity index (χ0n) is 14.9.